The number of oxazole rings is 1. The molecule has 2 aromatic heterocycles. The van der Waals surface area contributed by atoms with Gasteiger partial charge in [-0.2, -0.15) is 0 Å². The van der Waals surface area contributed by atoms with Crippen molar-refractivity contribution in [2.75, 3.05) is 20.2 Å². The van der Waals surface area contributed by atoms with E-state index in [0.29, 0.717) is 35.5 Å². The van der Waals surface area contributed by atoms with Crippen LogP contribution in [0.25, 0.3) is 0 Å². The van der Waals surface area contributed by atoms with Crippen LogP contribution in [0.2, 0.25) is 4.34 Å². The third kappa shape index (κ3) is 9.53. The normalized spacial score (nSPS) is 15.4. The molecule has 0 unspecified atom stereocenters. The van der Waals surface area contributed by atoms with E-state index in [1.165, 1.54) is 44.1 Å². The zero-order chi connectivity index (χ0) is 31.5. The topological polar surface area (TPSA) is 131 Å². The summed E-state index contributed by atoms with van der Waals surface area (Å²) in [5, 5.41) is 2.95. The lowest BCUT2D eigenvalue weighted by atomic mass is 10.0. The number of carbonyl (C=O) groups excluding carboxylic acids is 2. The van der Waals surface area contributed by atoms with Crippen LogP contribution in [-0.4, -0.2) is 50.3 Å². The molecule has 13 heteroatoms. The standard InChI is InChI=1S/C31H41ClN4O6S2/c1-3-4-5-6-7-8-17-33-30(38)25-21-42-31(34-25)26-10-9-18-36(26)20-23-19-24(41-2)13-11-22(23)12-15-28(37)35-44(39,40)29-16-14-27(32)43-29/h11,13-14,16,19,21,26H,3-10,12,15,17-18,20H2,1-2H3,(H,33,38)(H,35,37)/t26-/m0/s1. The number of hydrogen-bond donors (Lipinski definition) is 2. The van der Waals surface area contributed by atoms with E-state index in [2.05, 4.69) is 26.8 Å². The Hall–Kier alpha value is -2.93. The predicted molar refractivity (Wildman–Crippen MR) is 171 cm³/mol. The zero-order valence-corrected chi connectivity index (χ0v) is 27.7. The van der Waals surface area contributed by atoms with Gasteiger partial charge in [0.2, 0.25) is 11.8 Å². The second kappa shape index (κ2) is 16.4. The number of rotatable bonds is 17. The van der Waals surface area contributed by atoms with Crippen LogP contribution in [0.3, 0.4) is 0 Å². The van der Waals surface area contributed by atoms with E-state index in [1.54, 1.807) is 7.11 Å². The highest BCUT2D eigenvalue weighted by molar-refractivity contribution is 7.92. The summed E-state index contributed by atoms with van der Waals surface area (Å²) in [6, 6.07) is 8.41. The van der Waals surface area contributed by atoms with Crippen molar-refractivity contribution in [2.45, 2.75) is 87.9 Å². The van der Waals surface area contributed by atoms with Crippen molar-refractivity contribution in [3.8, 4) is 5.75 Å². The molecular formula is C31H41ClN4O6S2. The number of methoxy groups -OCH3 is 1. The number of thiophene rings is 1. The Morgan fingerprint density at radius 3 is 2.68 bits per heavy atom. The first-order chi connectivity index (χ1) is 21.2. The lowest BCUT2D eigenvalue weighted by Crippen LogP contribution is -2.30. The fourth-order valence-electron chi connectivity index (χ4n) is 5.32. The Kier molecular flexibility index (Phi) is 12.7. The predicted octanol–water partition coefficient (Wildman–Crippen LogP) is 6.26. The van der Waals surface area contributed by atoms with Crippen molar-refractivity contribution in [2.24, 2.45) is 0 Å². The monoisotopic (exact) mass is 664 g/mol. The molecular weight excluding hydrogens is 624 g/mol. The van der Waals surface area contributed by atoms with Crippen molar-refractivity contribution < 1.29 is 27.2 Å². The first kappa shape index (κ1) is 34.0. The summed E-state index contributed by atoms with van der Waals surface area (Å²) in [4.78, 5) is 32.0. The van der Waals surface area contributed by atoms with Crippen molar-refractivity contribution in [1.82, 2.24) is 19.9 Å². The fourth-order valence-corrected chi connectivity index (χ4v) is 7.82. The maximum atomic E-state index is 12.7. The Morgan fingerprint density at radius 2 is 1.93 bits per heavy atom. The maximum Gasteiger partial charge on any atom is 0.273 e. The second-order valence-corrected chi connectivity index (χ2v) is 14.6. The molecule has 44 heavy (non-hydrogen) atoms. The van der Waals surface area contributed by atoms with Crippen LogP contribution in [-0.2, 0) is 27.8 Å². The van der Waals surface area contributed by atoms with Crippen LogP contribution in [0.5, 0.6) is 5.75 Å². The van der Waals surface area contributed by atoms with Crippen molar-refractivity contribution in [3.05, 3.63) is 63.6 Å². The van der Waals surface area contributed by atoms with Gasteiger partial charge in [-0.1, -0.05) is 56.7 Å². The minimum absolute atomic E-state index is 0.00830. The number of nitrogens with zero attached hydrogens (tertiary/aromatic N) is 2. The summed E-state index contributed by atoms with van der Waals surface area (Å²) < 4.78 is 38.8. The summed E-state index contributed by atoms with van der Waals surface area (Å²) in [6.45, 7) is 4.17. The molecule has 1 atom stereocenters. The third-order valence-electron chi connectivity index (χ3n) is 7.69. The van der Waals surface area contributed by atoms with Crippen molar-refractivity contribution in [1.29, 1.82) is 0 Å². The Balaban J connectivity index is 1.35. The minimum Gasteiger partial charge on any atom is -0.497 e. The van der Waals surface area contributed by atoms with Gasteiger partial charge in [0.1, 0.15) is 16.2 Å². The van der Waals surface area contributed by atoms with E-state index in [1.807, 2.05) is 18.2 Å². The van der Waals surface area contributed by atoms with Gasteiger partial charge in [-0.05, 0) is 67.6 Å². The Bertz CT molecular complexity index is 1510. The highest BCUT2D eigenvalue weighted by atomic mass is 35.5. The van der Waals surface area contributed by atoms with Gasteiger partial charge in [0.25, 0.3) is 15.9 Å². The number of sulfonamides is 1. The van der Waals surface area contributed by atoms with Gasteiger partial charge in [-0.15, -0.1) is 11.3 Å². The number of amides is 2. The van der Waals surface area contributed by atoms with Gasteiger partial charge in [0.05, 0.1) is 17.5 Å². The number of aromatic nitrogens is 1. The molecule has 3 heterocycles. The molecule has 1 saturated heterocycles. The van der Waals surface area contributed by atoms with Crippen LogP contribution in [0.4, 0.5) is 0 Å². The van der Waals surface area contributed by atoms with Crippen LogP contribution in [0.1, 0.15) is 98.3 Å². The summed E-state index contributed by atoms with van der Waals surface area (Å²) in [6.07, 6.45) is 10.5. The number of unbranched alkanes of at least 4 members (excludes halogenated alkanes) is 5. The number of likely N-dealkylation sites (tertiary alicyclic amines) is 1. The van der Waals surface area contributed by atoms with Crippen molar-refractivity contribution >= 4 is 44.8 Å². The molecule has 0 radical (unpaired) electrons. The number of hydrogen-bond acceptors (Lipinski definition) is 9. The highest BCUT2D eigenvalue weighted by Crippen LogP contribution is 2.34. The Labute approximate surface area is 268 Å². The zero-order valence-electron chi connectivity index (χ0n) is 25.3. The summed E-state index contributed by atoms with van der Waals surface area (Å²) in [7, 11) is -2.38. The Morgan fingerprint density at radius 1 is 1.14 bits per heavy atom. The van der Waals surface area contributed by atoms with Crippen LogP contribution >= 0.6 is 22.9 Å². The third-order valence-corrected chi connectivity index (χ3v) is 10.8. The van der Waals surface area contributed by atoms with E-state index in [-0.39, 0.29) is 28.3 Å². The molecule has 1 aliphatic heterocycles. The molecule has 0 bridgehead atoms. The molecule has 2 amide bonds. The highest BCUT2D eigenvalue weighted by Gasteiger charge is 2.31. The van der Waals surface area contributed by atoms with Gasteiger partial charge >= 0.3 is 0 Å². The molecule has 1 aromatic carbocycles. The number of aryl methyl sites for hydroxylation is 1. The first-order valence-electron chi connectivity index (χ1n) is 15.1. The van der Waals surface area contributed by atoms with Gasteiger partial charge in [-0.25, -0.2) is 18.1 Å². The first-order valence-corrected chi connectivity index (χ1v) is 17.8. The fraction of sp³-hybridized carbons (Fsp3) is 0.516. The molecule has 0 spiro atoms. The van der Waals surface area contributed by atoms with Gasteiger partial charge in [0.15, 0.2) is 5.69 Å². The SMILES string of the molecule is CCCCCCCCNC(=O)c1coc([C@@H]2CCCN2Cc2cc(OC)ccc2CCC(=O)NS(=O)(=O)c2ccc(Cl)s2)n1. The van der Waals surface area contributed by atoms with E-state index in [9.17, 15) is 18.0 Å². The molecule has 3 aromatic rings. The number of carbonyl (C=O) groups is 2. The average molecular weight is 665 g/mol. The van der Waals surface area contributed by atoms with E-state index in [4.69, 9.17) is 20.8 Å². The van der Waals surface area contributed by atoms with Crippen LogP contribution in [0, 0.1) is 0 Å². The molecule has 4 rings (SSSR count). The summed E-state index contributed by atoms with van der Waals surface area (Å²) in [5.74, 6) is 0.365. The largest absolute Gasteiger partial charge is 0.497 e. The maximum absolute atomic E-state index is 12.7. The van der Waals surface area contributed by atoms with Gasteiger partial charge < -0.3 is 14.5 Å². The van der Waals surface area contributed by atoms with Gasteiger partial charge in [0, 0.05) is 19.5 Å². The van der Waals surface area contributed by atoms with E-state index >= 15 is 0 Å². The summed E-state index contributed by atoms with van der Waals surface area (Å²) in [5.41, 5.74) is 2.15. The minimum atomic E-state index is -3.98. The van der Waals surface area contributed by atoms with Crippen molar-refractivity contribution in [3.63, 3.8) is 0 Å². The number of benzene rings is 1. The number of ether oxygens (including phenoxy) is 1. The van der Waals surface area contributed by atoms with E-state index < -0.39 is 15.9 Å². The van der Waals surface area contributed by atoms with Crippen LogP contribution < -0.4 is 14.8 Å². The average Bonchev–Trinajstić information content (AvgIpc) is 3.77. The van der Waals surface area contributed by atoms with E-state index in [0.717, 1.165) is 54.7 Å². The molecule has 1 aliphatic rings. The number of nitrogens with one attached hydrogen (secondary N) is 2. The lowest BCUT2D eigenvalue weighted by Gasteiger charge is -2.23. The van der Waals surface area contributed by atoms with Crippen LogP contribution in [0.15, 0.2) is 45.2 Å². The molecule has 2 N–H and O–H groups in total. The second-order valence-electron chi connectivity index (χ2n) is 10.9. The quantitative estimate of drug-likeness (QED) is 0.162. The molecule has 240 valence electrons. The molecule has 1 fully saturated rings. The lowest BCUT2D eigenvalue weighted by molar-refractivity contribution is -0.119. The van der Waals surface area contributed by atoms with Gasteiger partial charge in [-0.3, -0.25) is 14.5 Å². The molecule has 10 nitrogen and oxygen atoms in total. The number of halogens is 1. The molecule has 0 aliphatic carbocycles. The smallest absolute Gasteiger partial charge is 0.273 e. The molecule has 0 saturated carbocycles. The summed E-state index contributed by atoms with van der Waals surface area (Å²) >= 11 is 6.75.